The van der Waals surface area contributed by atoms with Crippen molar-refractivity contribution in [3.05, 3.63) is 54.1 Å². The van der Waals surface area contributed by atoms with Crippen LogP contribution in [0.4, 0.5) is 0 Å². The predicted octanol–water partition coefficient (Wildman–Crippen LogP) is 3.04. The van der Waals surface area contributed by atoms with Gasteiger partial charge in [-0.15, -0.1) is 0 Å². The van der Waals surface area contributed by atoms with E-state index in [4.69, 9.17) is 4.74 Å². The SMILES string of the molecule is CC=CC(=O)NCc1ccc2cc(OC)ccc2c1. The maximum Gasteiger partial charge on any atom is 0.243 e. The number of hydrogen-bond donors (Lipinski definition) is 1. The average molecular weight is 255 g/mol. The summed E-state index contributed by atoms with van der Waals surface area (Å²) < 4.78 is 5.19. The van der Waals surface area contributed by atoms with Gasteiger partial charge in [0.15, 0.2) is 0 Å². The lowest BCUT2D eigenvalue weighted by Gasteiger charge is -2.06. The third-order valence-corrected chi connectivity index (χ3v) is 2.90. The van der Waals surface area contributed by atoms with Gasteiger partial charge in [-0.05, 0) is 47.5 Å². The van der Waals surface area contributed by atoms with Crippen LogP contribution in [0.2, 0.25) is 0 Å². The van der Waals surface area contributed by atoms with E-state index in [1.165, 1.54) is 6.08 Å². The topological polar surface area (TPSA) is 38.3 Å². The maximum atomic E-state index is 11.3. The van der Waals surface area contributed by atoms with Gasteiger partial charge in [-0.1, -0.05) is 24.3 Å². The fraction of sp³-hybridized carbons (Fsp3) is 0.188. The number of fused-ring (bicyclic) bond motifs is 1. The van der Waals surface area contributed by atoms with Crippen molar-refractivity contribution in [2.24, 2.45) is 0 Å². The largest absolute Gasteiger partial charge is 0.497 e. The fourth-order valence-electron chi connectivity index (χ4n) is 1.91. The molecule has 0 atom stereocenters. The van der Waals surface area contributed by atoms with Gasteiger partial charge in [0.1, 0.15) is 5.75 Å². The minimum atomic E-state index is -0.0719. The van der Waals surface area contributed by atoms with Gasteiger partial charge in [-0.25, -0.2) is 0 Å². The van der Waals surface area contributed by atoms with E-state index >= 15 is 0 Å². The molecule has 19 heavy (non-hydrogen) atoms. The highest BCUT2D eigenvalue weighted by Crippen LogP contribution is 2.21. The third-order valence-electron chi connectivity index (χ3n) is 2.90. The van der Waals surface area contributed by atoms with Gasteiger partial charge >= 0.3 is 0 Å². The van der Waals surface area contributed by atoms with Crippen molar-refractivity contribution >= 4 is 16.7 Å². The molecule has 2 rings (SSSR count). The second-order valence-electron chi connectivity index (χ2n) is 4.27. The normalized spacial score (nSPS) is 10.8. The molecule has 2 aromatic rings. The van der Waals surface area contributed by atoms with E-state index < -0.39 is 0 Å². The number of carbonyl (C=O) groups excluding carboxylic acids is 1. The molecule has 0 bridgehead atoms. The van der Waals surface area contributed by atoms with E-state index in [1.54, 1.807) is 13.2 Å². The van der Waals surface area contributed by atoms with E-state index in [9.17, 15) is 4.79 Å². The van der Waals surface area contributed by atoms with Crippen molar-refractivity contribution in [1.82, 2.24) is 5.32 Å². The molecule has 0 unspecified atom stereocenters. The Morgan fingerprint density at radius 2 is 1.95 bits per heavy atom. The quantitative estimate of drug-likeness (QED) is 0.853. The number of hydrogen-bond acceptors (Lipinski definition) is 2. The summed E-state index contributed by atoms with van der Waals surface area (Å²) in [5.41, 5.74) is 1.08. The Morgan fingerprint density at radius 3 is 2.68 bits per heavy atom. The van der Waals surface area contributed by atoms with Crippen molar-refractivity contribution < 1.29 is 9.53 Å². The van der Waals surface area contributed by atoms with Crippen LogP contribution in [0.5, 0.6) is 5.75 Å². The van der Waals surface area contributed by atoms with Gasteiger partial charge in [0.05, 0.1) is 7.11 Å². The molecule has 3 heteroatoms. The predicted molar refractivity (Wildman–Crippen MR) is 77.2 cm³/mol. The number of amides is 1. The third kappa shape index (κ3) is 3.35. The van der Waals surface area contributed by atoms with Crippen molar-refractivity contribution in [1.29, 1.82) is 0 Å². The van der Waals surface area contributed by atoms with Crippen LogP contribution in [0.1, 0.15) is 12.5 Å². The number of carbonyl (C=O) groups is 1. The van der Waals surface area contributed by atoms with Crippen LogP contribution >= 0.6 is 0 Å². The van der Waals surface area contributed by atoms with Gasteiger partial charge < -0.3 is 10.1 Å². The smallest absolute Gasteiger partial charge is 0.243 e. The lowest BCUT2D eigenvalue weighted by atomic mass is 10.1. The number of benzene rings is 2. The van der Waals surface area contributed by atoms with Gasteiger partial charge in [-0.2, -0.15) is 0 Å². The molecule has 0 radical (unpaired) electrons. The summed E-state index contributed by atoms with van der Waals surface area (Å²) in [6.45, 7) is 2.36. The monoisotopic (exact) mass is 255 g/mol. The van der Waals surface area contributed by atoms with Gasteiger partial charge in [0.25, 0.3) is 0 Å². The second kappa shape index (κ2) is 6.05. The van der Waals surface area contributed by atoms with Crippen molar-refractivity contribution in [2.45, 2.75) is 13.5 Å². The van der Waals surface area contributed by atoms with Gasteiger partial charge in [0, 0.05) is 6.54 Å². The molecule has 1 N–H and O–H groups in total. The van der Waals surface area contributed by atoms with Crippen LogP contribution < -0.4 is 10.1 Å². The molecule has 0 aliphatic heterocycles. The number of ether oxygens (including phenoxy) is 1. The molecule has 98 valence electrons. The van der Waals surface area contributed by atoms with Crippen molar-refractivity contribution in [2.75, 3.05) is 7.11 Å². The van der Waals surface area contributed by atoms with E-state index in [1.807, 2.05) is 37.3 Å². The molecular formula is C16H17NO2. The Kier molecular flexibility index (Phi) is 4.18. The Hall–Kier alpha value is -2.29. The zero-order valence-electron chi connectivity index (χ0n) is 11.1. The zero-order chi connectivity index (χ0) is 13.7. The first-order valence-electron chi connectivity index (χ1n) is 6.20. The first kappa shape index (κ1) is 13.1. The molecule has 0 fully saturated rings. The molecule has 1 amide bonds. The van der Waals surface area contributed by atoms with E-state index in [-0.39, 0.29) is 5.91 Å². The molecule has 0 saturated carbocycles. The molecule has 0 aliphatic carbocycles. The second-order valence-corrected chi connectivity index (χ2v) is 4.27. The van der Waals surface area contributed by atoms with Crippen LogP contribution in [0.25, 0.3) is 10.8 Å². The van der Waals surface area contributed by atoms with Gasteiger partial charge in [-0.3, -0.25) is 4.79 Å². The van der Waals surface area contributed by atoms with Crippen LogP contribution in [0.3, 0.4) is 0 Å². The summed E-state index contributed by atoms with van der Waals surface area (Å²) in [4.78, 5) is 11.3. The van der Waals surface area contributed by atoms with Crippen molar-refractivity contribution in [3.8, 4) is 5.75 Å². The van der Waals surface area contributed by atoms with Crippen LogP contribution in [-0.2, 0) is 11.3 Å². The highest BCUT2D eigenvalue weighted by atomic mass is 16.5. The number of allylic oxidation sites excluding steroid dienone is 1. The summed E-state index contributed by atoms with van der Waals surface area (Å²) in [5.74, 6) is 0.777. The average Bonchev–Trinajstić information content (AvgIpc) is 2.44. The minimum absolute atomic E-state index is 0.0719. The highest BCUT2D eigenvalue weighted by Gasteiger charge is 2.00. The Labute approximate surface area is 112 Å². The molecular weight excluding hydrogens is 238 g/mol. The Bertz CT molecular complexity index is 617. The number of nitrogens with one attached hydrogen (secondary N) is 1. The van der Waals surface area contributed by atoms with E-state index in [2.05, 4.69) is 11.4 Å². The molecule has 0 saturated heterocycles. The minimum Gasteiger partial charge on any atom is -0.497 e. The summed E-state index contributed by atoms with van der Waals surface area (Å²) in [6, 6.07) is 12.1. The lowest BCUT2D eigenvalue weighted by Crippen LogP contribution is -2.20. The molecule has 3 nitrogen and oxygen atoms in total. The molecule has 2 aromatic carbocycles. The molecule has 0 aliphatic rings. The summed E-state index contributed by atoms with van der Waals surface area (Å²) in [6.07, 6.45) is 3.24. The first-order valence-corrected chi connectivity index (χ1v) is 6.20. The number of rotatable bonds is 4. The van der Waals surface area contributed by atoms with E-state index in [0.717, 1.165) is 22.1 Å². The summed E-state index contributed by atoms with van der Waals surface area (Å²) in [5, 5.41) is 5.10. The molecule has 0 spiro atoms. The highest BCUT2D eigenvalue weighted by molar-refractivity contribution is 5.87. The standard InChI is InChI=1S/C16H17NO2/c1-3-4-16(18)17-11-12-5-6-14-10-15(19-2)8-7-13(14)9-12/h3-10H,11H2,1-2H3,(H,17,18). The number of methoxy groups -OCH3 is 1. The Morgan fingerprint density at radius 1 is 1.21 bits per heavy atom. The maximum absolute atomic E-state index is 11.3. The zero-order valence-corrected chi connectivity index (χ0v) is 11.1. The Balaban J connectivity index is 2.15. The molecule has 0 aromatic heterocycles. The first-order chi connectivity index (χ1) is 9.22. The fourth-order valence-corrected chi connectivity index (χ4v) is 1.91. The van der Waals surface area contributed by atoms with E-state index in [0.29, 0.717) is 6.54 Å². The van der Waals surface area contributed by atoms with Crippen LogP contribution in [-0.4, -0.2) is 13.0 Å². The summed E-state index contributed by atoms with van der Waals surface area (Å²) >= 11 is 0. The lowest BCUT2D eigenvalue weighted by molar-refractivity contribution is -0.116. The van der Waals surface area contributed by atoms with Crippen LogP contribution in [0, 0.1) is 0 Å². The molecule has 0 heterocycles. The van der Waals surface area contributed by atoms with Gasteiger partial charge in [0.2, 0.25) is 5.91 Å². The summed E-state index contributed by atoms with van der Waals surface area (Å²) in [7, 11) is 1.66. The van der Waals surface area contributed by atoms with Crippen molar-refractivity contribution in [3.63, 3.8) is 0 Å². The van der Waals surface area contributed by atoms with Crippen LogP contribution in [0.15, 0.2) is 48.6 Å².